The van der Waals surface area contributed by atoms with Crippen molar-refractivity contribution in [1.29, 1.82) is 5.26 Å². The summed E-state index contributed by atoms with van der Waals surface area (Å²) in [4.78, 5) is 0. The van der Waals surface area contributed by atoms with Gasteiger partial charge in [-0.3, -0.25) is 0 Å². The summed E-state index contributed by atoms with van der Waals surface area (Å²) in [7, 11) is 0.915. The first-order valence-corrected chi connectivity index (χ1v) is 7.49. The molecule has 1 fully saturated rings. The second-order valence-corrected chi connectivity index (χ2v) is 6.53. The van der Waals surface area contributed by atoms with Gasteiger partial charge in [-0.2, -0.15) is 5.26 Å². The van der Waals surface area contributed by atoms with Crippen LogP contribution < -0.4 is 4.74 Å². The Bertz CT molecular complexity index is 645. The topological polar surface area (TPSA) is 71.7 Å². The molecule has 0 atom stereocenters. The number of ether oxygens (including phenoxy) is 1. The number of nitrogens with zero attached hydrogens (tertiary/aromatic N) is 1. The van der Waals surface area contributed by atoms with Crippen molar-refractivity contribution in [3.8, 4) is 11.8 Å². The summed E-state index contributed by atoms with van der Waals surface area (Å²) in [5.74, 6) is 0.640. The van der Waals surface area contributed by atoms with Gasteiger partial charge in [0.1, 0.15) is 5.75 Å². The standard InChI is InChI=1S/C17H22BNO4/c1-16(2)17(3,4)23-18(22-16)14(11-20)8-13-9-15(21-5)7-6-12(13)10-19/h6-9,20H,11H2,1-5H3. The molecule has 1 N–H and O–H groups in total. The molecule has 1 aromatic carbocycles. The molecule has 0 spiro atoms. The average Bonchev–Trinajstić information content (AvgIpc) is 2.72. The predicted molar refractivity (Wildman–Crippen MR) is 88.9 cm³/mol. The third-order valence-electron chi connectivity index (χ3n) is 4.46. The van der Waals surface area contributed by atoms with Crippen LogP contribution in [0.25, 0.3) is 6.08 Å². The largest absolute Gasteiger partial charge is 0.497 e. The average molecular weight is 315 g/mol. The van der Waals surface area contributed by atoms with Crippen molar-refractivity contribution >= 4 is 13.2 Å². The van der Waals surface area contributed by atoms with Crippen LogP contribution in [-0.2, 0) is 9.31 Å². The summed E-state index contributed by atoms with van der Waals surface area (Å²) in [6.07, 6.45) is 1.73. The van der Waals surface area contributed by atoms with Crippen LogP contribution in [-0.4, -0.2) is 37.1 Å². The van der Waals surface area contributed by atoms with Crippen molar-refractivity contribution in [2.45, 2.75) is 38.9 Å². The van der Waals surface area contributed by atoms with E-state index in [0.29, 0.717) is 22.3 Å². The Labute approximate surface area is 137 Å². The minimum Gasteiger partial charge on any atom is -0.497 e. The van der Waals surface area contributed by atoms with Crippen LogP contribution in [0.1, 0.15) is 38.8 Å². The van der Waals surface area contributed by atoms with E-state index < -0.39 is 18.3 Å². The van der Waals surface area contributed by atoms with Gasteiger partial charge in [0.25, 0.3) is 0 Å². The number of nitriles is 1. The number of hydrogen-bond acceptors (Lipinski definition) is 5. The number of aliphatic hydroxyl groups excluding tert-OH is 1. The maximum absolute atomic E-state index is 9.74. The summed E-state index contributed by atoms with van der Waals surface area (Å²) >= 11 is 0. The highest BCUT2D eigenvalue weighted by Gasteiger charge is 2.52. The van der Waals surface area contributed by atoms with E-state index in [0.717, 1.165) is 0 Å². The van der Waals surface area contributed by atoms with Crippen LogP contribution in [0.3, 0.4) is 0 Å². The molecule has 1 aliphatic heterocycles. The van der Waals surface area contributed by atoms with Crippen LogP contribution in [0.15, 0.2) is 23.7 Å². The van der Waals surface area contributed by atoms with E-state index in [1.807, 2.05) is 27.7 Å². The van der Waals surface area contributed by atoms with Crippen LogP contribution in [0.4, 0.5) is 0 Å². The first-order chi connectivity index (χ1) is 10.7. The zero-order valence-corrected chi connectivity index (χ0v) is 14.2. The molecule has 5 nitrogen and oxygen atoms in total. The number of aliphatic hydroxyl groups is 1. The minimum atomic E-state index is -0.650. The van der Waals surface area contributed by atoms with Crippen molar-refractivity contribution in [3.05, 3.63) is 34.8 Å². The molecule has 0 amide bonds. The Kier molecular flexibility index (Phi) is 4.85. The third kappa shape index (κ3) is 3.42. The summed E-state index contributed by atoms with van der Waals surface area (Å²) in [5.41, 5.74) is 0.740. The van der Waals surface area contributed by atoms with E-state index >= 15 is 0 Å². The molecule has 0 unspecified atom stereocenters. The Hall–Kier alpha value is -1.81. The maximum atomic E-state index is 9.74. The van der Waals surface area contributed by atoms with Gasteiger partial charge in [-0.05, 0) is 56.9 Å². The van der Waals surface area contributed by atoms with Gasteiger partial charge in [0, 0.05) is 0 Å². The van der Waals surface area contributed by atoms with Crippen LogP contribution in [0, 0.1) is 11.3 Å². The van der Waals surface area contributed by atoms with Crippen molar-refractivity contribution in [1.82, 2.24) is 0 Å². The van der Waals surface area contributed by atoms with Crippen LogP contribution in [0.5, 0.6) is 5.75 Å². The molecule has 1 aliphatic rings. The molecule has 0 radical (unpaired) electrons. The Morgan fingerprint density at radius 3 is 2.39 bits per heavy atom. The van der Waals surface area contributed by atoms with Gasteiger partial charge in [0.2, 0.25) is 0 Å². The molecule has 1 aromatic rings. The van der Waals surface area contributed by atoms with Crippen LogP contribution >= 0.6 is 0 Å². The normalized spacial score (nSPS) is 19.5. The highest BCUT2D eigenvalue weighted by Crippen LogP contribution is 2.38. The van der Waals surface area contributed by atoms with E-state index in [9.17, 15) is 10.4 Å². The molecule has 1 saturated heterocycles. The smallest absolute Gasteiger partial charge is 0.492 e. The molecule has 2 rings (SSSR count). The Balaban J connectivity index is 2.39. The van der Waals surface area contributed by atoms with E-state index in [1.54, 1.807) is 31.4 Å². The molecule has 23 heavy (non-hydrogen) atoms. The van der Waals surface area contributed by atoms with E-state index in [-0.39, 0.29) is 6.61 Å². The molecule has 0 bridgehead atoms. The minimum absolute atomic E-state index is 0.223. The molecule has 0 aliphatic carbocycles. The number of methoxy groups -OCH3 is 1. The van der Waals surface area contributed by atoms with Gasteiger partial charge in [-0.1, -0.05) is 6.08 Å². The second kappa shape index (κ2) is 6.36. The summed E-state index contributed by atoms with van der Waals surface area (Å²) in [6, 6.07) is 7.30. The number of hydrogen-bond donors (Lipinski definition) is 1. The molecule has 0 saturated carbocycles. The summed E-state index contributed by atoms with van der Waals surface area (Å²) < 4.78 is 17.1. The fourth-order valence-electron chi connectivity index (χ4n) is 2.27. The van der Waals surface area contributed by atoms with Crippen molar-refractivity contribution < 1.29 is 19.2 Å². The highest BCUT2D eigenvalue weighted by molar-refractivity contribution is 6.55. The SMILES string of the molecule is COc1ccc(C#N)c(C=C(CO)B2OC(C)(C)C(C)(C)O2)c1. The molecule has 1 heterocycles. The van der Waals surface area contributed by atoms with Gasteiger partial charge in [-0.25, -0.2) is 0 Å². The van der Waals surface area contributed by atoms with Gasteiger partial charge < -0.3 is 19.2 Å². The maximum Gasteiger partial charge on any atom is 0.492 e. The lowest BCUT2D eigenvalue weighted by molar-refractivity contribution is 0.00578. The van der Waals surface area contributed by atoms with Gasteiger partial charge in [0.15, 0.2) is 0 Å². The molecular weight excluding hydrogens is 293 g/mol. The van der Waals surface area contributed by atoms with Crippen molar-refractivity contribution in [2.24, 2.45) is 0 Å². The van der Waals surface area contributed by atoms with Crippen molar-refractivity contribution in [3.63, 3.8) is 0 Å². The van der Waals surface area contributed by atoms with Crippen LogP contribution in [0.2, 0.25) is 0 Å². The van der Waals surface area contributed by atoms with Gasteiger partial charge in [-0.15, -0.1) is 0 Å². The third-order valence-corrected chi connectivity index (χ3v) is 4.46. The van der Waals surface area contributed by atoms with Crippen molar-refractivity contribution in [2.75, 3.05) is 13.7 Å². The summed E-state index contributed by atoms with van der Waals surface area (Å²) in [6.45, 7) is 7.59. The number of rotatable bonds is 4. The fourth-order valence-corrected chi connectivity index (χ4v) is 2.27. The predicted octanol–water partition coefficient (Wildman–Crippen LogP) is 2.57. The Morgan fingerprint density at radius 1 is 1.30 bits per heavy atom. The zero-order valence-electron chi connectivity index (χ0n) is 14.2. The van der Waals surface area contributed by atoms with E-state index in [2.05, 4.69) is 6.07 Å². The fraction of sp³-hybridized carbons (Fsp3) is 0.471. The monoisotopic (exact) mass is 315 g/mol. The van der Waals surface area contributed by atoms with Gasteiger partial charge in [0.05, 0.1) is 36.6 Å². The second-order valence-electron chi connectivity index (χ2n) is 6.53. The quantitative estimate of drug-likeness (QED) is 0.865. The lowest BCUT2D eigenvalue weighted by Crippen LogP contribution is -2.41. The molecule has 6 heteroatoms. The molecule has 122 valence electrons. The number of benzene rings is 1. The zero-order chi connectivity index (χ0) is 17.3. The first-order valence-electron chi connectivity index (χ1n) is 7.49. The van der Waals surface area contributed by atoms with Gasteiger partial charge >= 0.3 is 7.12 Å². The van der Waals surface area contributed by atoms with E-state index in [4.69, 9.17) is 14.0 Å². The molecule has 0 aromatic heterocycles. The summed E-state index contributed by atoms with van der Waals surface area (Å²) in [5, 5.41) is 19.0. The first kappa shape index (κ1) is 17.5. The highest BCUT2D eigenvalue weighted by atomic mass is 16.7. The lowest BCUT2D eigenvalue weighted by Gasteiger charge is -2.32. The molecular formula is C17H22BNO4. The Morgan fingerprint density at radius 2 is 1.91 bits per heavy atom. The lowest BCUT2D eigenvalue weighted by atomic mass is 9.77. The van der Waals surface area contributed by atoms with E-state index in [1.165, 1.54) is 0 Å².